The van der Waals surface area contributed by atoms with Gasteiger partial charge in [0.05, 0.1) is 5.56 Å². The number of anilines is 1. The van der Waals surface area contributed by atoms with Gasteiger partial charge in [-0.1, -0.05) is 11.6 Å². The van der Waals surface area contributed by atoms with Gasteiger partial charge in [0.2, 0.25) is 0 Å². The quantitative estimate of drug-likeness (QED) is 0.673. The average Bonchev–Trinajstić information content (AvgIpc) is 2.61. The van der Waals surface area contributed by atoms with E-state index in [1.165, 1.54) is 16.3 Å². The third kappa shape index (κ3) is 2.70. The first-order valence-electron chi connectivity index (χ1n) is 7.37. The number of fused-ring (bicyclic) bond motifs is 1. The van der Waals surface area contributed by atoms with Crippen LogP contribution in [0.15, 0.2) is 34.0 Å². The van der Waals surface area contributed by atoms with Crippen LogP contribution in [0.4, 0.5) is 5.82 Å². The minimum atomic E-state index is -0.350. The minimum Gasteiger partial charge on any atom is -0.371 e. The van der Waals surface area contributed by atoms with E-state index in [9.17, 15) is 14.9 Å². The van der Waals surface area contributed by atoms with Crippen LogP contribution >= 0.6 is 23.4 Å². The van der Waals surface area contributed by atoms with Crippen LogP contribution in [0, 0.1) is 11.3 Å². The molecule has 1 aromatic carbocycles. The standard InChI is InChI=1S/C17H14ClN3O2S/c1-24-15-12(9-19)17(23)21-8-2-7-20-16(21)13(15)14(22)10-3-5-11(18)6-4-10/h3-6,20H,2,7-8H2,1H3. The van der Waals surface area contributed by atoms with Crippen LogP contribution in [0.3, 0.4) is 0 Å². The van der Waals surface area contributed by atoms with Crippen molar-refractivity contribution >= 4 is 35.0 Å². The van der Waals surface area contributed by atoms with Crippen molar-refractivity contribution in [1.82, 2.24) is 4.57 Å². The first-order chi connectivity index (χ1) is 11.6. The van der Waals surface area contributed by atoms with Gasteiger partial charge in [0.15, 0.2) is 5.78 Å². The lowest BCUT2D eigenvalue weighted by molar-refractivity contribution is 0.103. The Morgan fingerprint density at radius 2 is 2.08 bits per heavy atom. The molecule has 0 saturated carbocycles. The van der Waals surface area contributed by atoms with Crippen LogP contribution in [0.1, 0.15) is 27.9 Å². The molecule has 0 bridgehead atoms. The highest BCUT2D eigenvalue weighted by Crippen LogP contribution is 2.32. The summed E-state index contributed by atoms with van der Waals surface area (Å²) in [5.74, 6) is 0.264. The second kappa shape index (κ2) is 6.71. The minimum absolute atomic E-state index is 0.0206. The lowest BCUT2D eigenvalue weighted by Crippen LogP contribution is -2.33. The molecule has 0 spiro atoms. The fraction of sp³-hybridized carbons (Fsp3) is 0.235. The topological polar surface area (TPSA) is 74.9 Å². The van der Waals surface area contributed by atoms with Crippen LogP contribution in [0.25, 0.3) is 0 Å². The number of nitrogens with zero attached hydrogens (tertiary/aromatic N) is 2. The van der Waals surface area contributed by atoms with E-state index in [4.69, 9.17) is 11.6 Å². The van der Waals surface area contributed by atoms with Crippen LogP contribution in [0.5, 0.6) is 0 Å². The van der Waals surface area contributed by atoms with Crippen molar-refractivity contribution in [2.75, 3.05) is 18.1 Å². The fourth-order valence-electron chi connectivity index (χ4n) is 2.80. The summed E-state index contributed by atoms with van der Waals surface area (Å²) in [5.41, 5.74) is 0.511. The zero-order valence-electron chi connectivity index (χ0n) is 12.9. The molecule has 0 saturated heterocycles. The number of benzene rings is 1. The van der Waals surface area contributed by atoms with E-state index in [0.29, 0.717) is 40.0 Å². The zero-order chi connectivity index (χ0) is 17.3. The summed E-state index contributed by atoms with van der Waals surface area (Å²) in [7, 11) is 0. The molecule has 7 heteroatoms. The van der Waals surface area contributed by atoms with Gasteiger partial charge in [-0.3, -0.25) is 14.2 Å². The smallest absolute Gasteiger partial charge is 0.271 e. The number of aromatic nitrogens is 1. The Morgan fingerprint density at radius 3 is 2.71 bits per heavy atom. The number of hydrogen-bond acceptors (Lipinski definition) is 5. The van der Waals surface area contributed by atoms with E-state index in [2.05, 4.69) is 5.32 Å². The van der Waals surface area contributed by atoms with Crippen molar-refractivity contribution in [3.63, 3.8) is 0 Å². The Labute approximate surface area is 148 Å². The number of ketones is 1. The van der Waals surface area contributed by atoms with E-state index in [-0.39, 0.29) is 16.9 Å². The summed E-state index contributed by atoms with van der Waals surface area (Å²) in [6.07, 6.45) is 2.53. The Balaban J connectivity index is 2.30. The lowest BCUT2D eigenvalue weighted by atomic mass is 10.0. The molecule has 1 aromatic heterocycles. The first kappa shape index (κ1) is 16.6. The van der Waals surface area contributed by atoms with E-state index in [1.807, 2.05) is 6.07 Å². The van der Waals surface area contributed by atoms with Crippen molar-refractivity contribution < 1.29 is 4.79 Å². The lowest BCUT2D eigenvalue weighted by Gasteiger charge is -2.24. The maximum Gasteiger partial charge on any atom is 0.271 e. The zero-order valence-corrected chi connectivity index (χ0v) is 14.5. The van der Waals surface area contributed by atoms with E-state index in [0.717, 1.165) is 6.42 Å². The van der Waals surface area contributed by atoms with Crippen molar-refractivity contribution in [3.8, 4) is 6.07 Å². The van der Waals surface area contributed by atoms with Crippen LogP contribution < -0.4 is 10.9 Å². The third-order valence-corrected chi connectivity index (χ3v) is 4.99. The van der Waals surface area contributed by atoms with Gasteiger partial charge in [-0.2, -0.15) is 5.26 Å². The number of nitrogens with one attached hydrogen (secondary N) is 1. The highest BCUT2D eigenvalue weighted by molar-refractivity contribution is 7.98. The van der Waals surface area contributed by atoms with Gasteiger partial charge in [0.25, 0.3) is 5.56 Å². The summed E-state index contributed by atoms with van der Waals surface area (Å²) in [6, 6.07) is 8.55. The van der Waals surface area contributed by atoms with Gasteiger partial charge in [-0.15, -0.1) is 11.8 Å². The van der Waals surface area contributed by atoms with Gasteiger partial charge in [0.1, 0.15) is 17.5 Å². The SMILES string of the molecule is CSc1c(C(=O)c2ccc(Cl)cc2)c2n(c(=O)c1C#N)CCCN2. The van der Waals surface area contributed by atoms with Crippen LogP contribution in [-0.4, -0.2) is 23.2 Å². The second-order valence-electron chi connectivity index (χ2n) is 5.32. The number of halogens is 1. The summed E-state index contributed by atoms with van der Waals surface area (Å²) < 4.78 is 1.49. The van der Waals surface area contributed by atoms with Crippen molar-refractivity contribution in [3.05, 3.63) is 56.3 Å². The number of carbonyl (C=O) groups is 1. The Hall–Kier alpha value is -2.23. The number of carbonyl (C=O) groups excluding carboxylic acids is 1. The molecule has 1 aliphatic heterocycles. The van der Waals surface area contributed by atoms with E-state index >= 15 is 0 Å². The Kier molecular flexibility index (Phi) is 4.65. The Morgan fingerprint density at radius 1 is 1.38 bits per heavy atom. The number of hydrogen-bond donors (Lipinski definition) is 1. The predicted octanol–water partition coefficient (Wildman–Crippen LogP) is 3.14. The average molecular weight is 360 g/mol. The number of pyridine rings is 1. The maximum absolute atomic E-state index is 13.1. The number of rotatable bonds is 3. The molecule has 5 nitrogen and oxygen atoms in total. The predicted molar refractivity (Wildman–Crippen MR) is 95.2 cm³/mol. The van der Waals surface area contributed by atoms with Crippen molar-refractivity contribution in [2.45, 2.75) is 17.9 Å². The molecule has 2 heterocycles. The molecule has 0 unspecified atom stereocenters. The molecular formula is C17H14ClN3O2S. The normalized spacial score (nSPS) is 12.9. The molecule has 0 radical (unpaired) electrons. The van der Waals surface area contributed by atoms with Gasteiger partial charge < -0.3 is 5.32 Å². The van der Waals surface area contributed by atoms with Gasteiger partial charge in [0, 0.05) is 28.6 Å². The summed E-state index contributed by atoms with van der Waals surface area (Å²) >= 11 is 7.13. The van der Waals surface area contributed by atoms with Crippen molar-refractivity contribution in [1.29, 1.82) is 5.26 Å². The van der Waals surface area contributed by atoms with Crippen molar-refractivity contribution in [2.24, 2.45) is 0 Å². The largest absolute Gasteiger partial charge is 0.371 e. The second-order valence-corrected chi connectivity index (χ2v) is 6.57. The monoisotopic (exact) mass is 359 g/mol. The highest BCUT2D eigenvalue weighted by atomic mass is 35.5. The molecule has 0 fully saturated rings. The van der Waals surface area contributed by atoms with E-state index in [1.54, 1.807) is 30.5 Å². The van der Waals surface area contributed by atoms with Crippen LogP contribution in [-0.2, 0) is 6.54 Å². The highest BCUT2D eigenvalue weighted by Gasteiger charge is 2.27. The molecule has 0 amide bonds. The molecule has 3 rings (SSSR count). The molecule has 1 N–H and O–H groups in total. The fourth-order valence-corrected chi connectivity index (χ4v) is 3.66. The third-order valence-electron chi connectivity index (χ3n) is 3.92. The molecule has 2 aromatic rings. The first-order valence-corrected chi connectivity index (χ1v) is 8.97. The van der Waals surface area contributed by atoms with Gasteiger partial charge in [-0.25, -0.2) is 0 Å². The summed E-state index contributed by atoms with van der Waals surface area (Å²) in [6.45, 7) is 1.17. The number of nitriles is 1. The molecule has 1 aliphatic rings. The van der Waals surface area contributed by atoms with Crippen LogP contribution in [0.2, 0.25) is 5.02 Å². The maximum atomic E-state index is 13.1. The molecule has 0 aliphatic carbocycles. The van der Waals surface area contributed by atoms with E-state index < -0.39 is 0 Å². The molecule has 0 atom stereocenters. The summed E-state index contributed by atoms with van der Waals surface area (Å²) in [4.78, 5) is 26.0. The molecule has 24 heavy (non-hydrogen) atoms. The Bertz CT molecular complexity index is 913. The molecule has 122 valence electrons. The van der Waals surface area contributed by atoms with Gasteiger partial charge in [-0.05, 0) is 36.9 Å². The summed E-state index contributed by atoms with van der Waals surface area (Å²) in [5, 5.41) is 13.1. The van der Waals surface area contributed by atoms with Gasteiger partial charge >= 0.3 is 0 Å². The number of thioether (sulfide) groups is 1. The molecular weight excluding hydrogens is 346 g/mol.